The fourth-order valence-corrected chi connectivity index (χ4v) is 8.82. The van der Waals surface area contributed by atoms with E-state index < -0.39 is 17.8 Å². The first-order valence-electron chi connectivity index (χ1n) is 21.4. The molecule has 4 aromatic carbocycles. The highest BCUT2D eigenvalue weighted by Crippen LogP contribution is 2.43. The molecule has 2 atom stereocenters. The molecule has 0 spiro atoms. The van der Waals surface area contributed by atoms with Crippen LogP contribution in [0.3, 0.4) is 0 Å². The molecule has 0 saturated carbocycles. The Labute approximate surface area is 364 Å². The highest BCUT2D eigenvalue weighted by molar-refractivity contribution is 6.16. The molecule has 1 saturated heterocycles. The van der Waals surface area contributed by atoms with E-state index in [-0.39, 0.29) is 43.2 Å². The smallest absolute Gasteiger partial charge is 0.333 e. The molecule has 324 valence electrons. The number of ether oxygens (including phenoxy) is 3. The number of rotatable bonds is 15. The van der Waals surface area contributed by atoms with Gasteiger partial charge in [0, 0.05) is 87.3 Å². The van der Waals surface area contributed by atoms with Crippen molar-refractivity contribution in [3.8, 4) is 17.2 Å². The van der Waals surface area contributed by atoms with Crippen molar-refractivity contribution in [2.75, 3.05) is 48.6 Å². The molecule has 5 aliphatic heterocycles. The monoisotopic (exact) mass is 852 g/mol. The second kappa shape index (κ2) is 17.4. The number of carbonyl (C=O) groups is 5. The molecular formula is C48H48N6O9. The topological polar surface area (TPSA) is 160 Å². The van der Waals surface area contributed by atoms with Crippen molar-refractivity contribution in [2.24, 2.45) is 9.98 Å². The molecule has 0 N–H and O–H groups in total. The maximum absolute atomic E-state index is 14.1. The van der Waals surface area contributed by atoms with Crippen LogP contribution in [-0.4, -0.2) is 93.1 Å². The van der Waals surface area contributed by atoms with Crippen LogP contribution in [0.4, 0.5) is 28.4 Å². The van der Waals surface area contributed by atoms with Crippen LogP contribution < -0.4 is 28.9 Å². The van der Waals surface area contributed by atoms with Crippen molar-refractivity contribution in [1.82, 2.24) is 5.06 Å². The fourth-order valence-electron chi connectivity index (χ4n) is 8.82. The van der Waals surface area contributed by atoms with Gasteiger partial charge in [0.25, 0.3) is 23.6 Å². The van der Waals surface area contributed by atoms with E-state index in [4.69, 9.17) is 29.0 Å². The molecule has 0 unspecified atom stereocenters. The zero-order valence-corrected chi connectivity index (χ0v) is 35.5. The zero-order valence-electron chi connectivity index (χ0n) is 35.5. The summed E-state index contributed by atoms with van der Waals surface area (Å²) in [5.41, 5.74) is 7.85. The van der Waals surface area contributed by atoms with Crippen molar-refractivity contribution >= 4 is 70.5 Å². The minimum Gasteiger partial charge on any atom is -0.493 e. The van der Waals surface area contributed by atoms with E-state index in [0.29, 0.717) is 77.4 Å². The highest BCUT2D eigenvalue weighted by atomic mass is 16.7. The first-order valence-corrected chi connectivity index (χ1v) is 21.4. The average Bonchev–Trinajstić information content (AvgIpc) is 3.89. The third-order valence-corrected chi connectivity index (χ3v) is 12.2. The maximum Gasteiger partial charge on any atom is 0.333 e. The number of amides is 4. The van der Waals surface area contributed by atoms with Gasteiger partial charge in [-0.2, -0.15) is 0 Å². The lowest BCUT2D eigenvalue weighted by atomic mass is 10.1. The second-order valence-corrected chi connectivity index (χ2v) is 16.4. The predicted molar refractivity (Wildman–Crippen MR) is 236 cm³/mol. The number of methoxy groups -OCH3 is 1. The SMILES string of the molecule is COc1cc2c(cc1OCCCCCOc1cc3c(cc1C)C(=O)N1c4ccccc4C[C@H]1C=N3)N=C[C@@H]1Cc3cc(N(C)CCCC(=O)ON4C(=O)CCC4=O)ccc3N1C2=O. The Hall–Kier alpha value is -7.03. The van der Waals surface area contributed by atoms with Gasteiger partial charge in [0.2, 0.25) is 0 Å². The minimum absolute atomic E-state index is 0.0453. The summed E-state index contributed by atoms with van der Waals surface area (Å²) >= 11 is 0. The molecular weight excluding hydrogens is 805 g/mol. The molecule has 15 heteroatoms. The lowest BCUT2D eigenvalue weighted by Gasteiger charge is -2.23. The predicted octanol–water partition coefficient (Wildman–Crippen LogP) is 7.03. The van der Waals surface area contributed by atoms with Crippen molar-refractivity contribution in [3.63, 3.8) is 0 Å². The lowest BCUT2D eigenvalue weighted by molar-refractivity contribution is -0.197. The number of imide groups is 1. The number of hydrogen-bond donors (Lipinski definition) is 0. The Kier molecular flexibility index (Phi) is 11.4. The molecule has 63 heavy (non-hydrogen) atoms. The summed E-state index contributed by atoms with van der Waals surface area (Å²) in [7, 11) is 3.47. The van der Waals surface area contributed by atoms with Crippen LogP contribution in [0, 0.1) is 6.92 Å². The standard InChI is InChI=1S/C48H48N6O9/c1-29-20-35-37(49-27-33-21-30-10-5-6-11-39(30)52(33)47(35)58)25-41(29)61-18-7-4-8-19-62-43-26-38-36(24-42(43)60-3)48(59)53-34(28-50-38)23-31-22-32(13-14-40(31)53)51(2)17-9-12-46(57)63-54-44(55)15-16-45(54)56/h5-6,10-11,13-14,20,22,24-28,33-34H,4,7-9,12,15-19,21,23H2,1-3H3/t33-,34-/m0/s1. The summed E-state index contributed by atoms with van der Waals surface area (Å²) in [6, 6.07) is 20.8. The quantitative estimate of drug-likeness (QED) is 0.0898. The minimum atomic E-state index is -0.627. The third kappa shape index (κ3) is 8.10. The third-order valence-electron chi connectivity index (χ3n) is 12.2. The van der Waals surface area contributed by atoms with Gasteiger partial charge in [0.05, 0.1) is 54.9 Å². The van der Waals surface area contributed by atoms with Gasteiger partial charge in [0.15, 0.2) is 11.5 Å². The molecule has 0 aromatic heterocycles. The number of carbonyl (C=O) groups excluding carboxylic acids is 5. The molecule has 9 rings (SSSR count). The molecule has 0 aliphatic carbocycles. The summed E-state index contributed by atoms with van der Waals surface area (Å²) in [6.45, 7) is 3.42. The number of unbranched alkanes of at least 4 members (excludes halogenated alkanes) is 2. The van der Waals surface area contributed by atoms with Crippen LogP contribution in [0.1, 0.15) is 82.4 Å². The number of fused-ring (bicyclic) bond motifs is 8. The molecule has 4 aromatic rings. The first kappa shape index (κ1) is 41.3. The summed E-state index contributed by atoms with van der Waals surface area (Å²) in [4.78, 5) is 83.7. The molecule has 4 amide bonds. The highest BCUT2D eigenvalue weighted by Gasteiger charge is 2.38. The molecule has 0 radical (unpaired) electrons. The normalized spacial score (nSPS) is 18.0. The first-order chi connectivity index (χ1) is 30.6. The van der Waals surface area contributed by atoms with E-state index >= 15 is 0 Å². The van der Waals surface area contributed by atoms with Gasteiger partial charge in [-0.25, -0.2) is 4.79 Å². The number of benzene rings is 4. The zero-order chi connectivity index (χ0) is 43.8. The van der Waals surface area contributed by atoms with Gasteiger partial charge in [-0.1, -0.05) is 18.2 Å². The van der Waals surface area contributed by atoms with Gasteiger partial charge >= 0.3 is 5.97 Å². The van der Waals surface area contributed by atoms with Crippen LogP contribution in [0.5, 0.6) is 17.2 Å². The van der Waals surface area contributed by atoms with Crippen LogP contribution in [0.2, 0.25) is 0 Å². The van der Waals surface area contributed by atoms with Crippen LogP contribution in [-0.2, 0) is 32.1 Å². The number of hydroxylamine groups is 2. The maximum atomic E-state index is 14.1. The Morgan fingerprint density at radius 1 is 0.714 bits per heavy atom. The van der Waals surface area contributed by atoms with Crippen molar-refractivity contribution in [1.29, 1.82) is 0 Å². The Bertz CT molecular complexity index is 2570. The number of para-hydroxylation sites is 1. The van der Waals surface area contributed by atoms with E-state index in [1.807, 2.05) is 84.7 Å². The summed E-state index contributed by atoms with van der Waals surface area (Å²) in [5.74, 6) is -0.178. The van der Waals surface area contributed by atoms with Crippen LogP contribution in [0.25, 0.3) is 0 Å². The van der Waals surface area contributed by atoms with Gasteiger partial charge in [-0.15, -0.1) is 5.06 Å². The van der Waals surface area contributed by atoms with Gasteiger partial charge < -0.3 is 23.9 Å². The van der Waals surface area contributed by atoms with E-state index in [1.165, 1.54) is 0 Å². The second-order valence-electron chi connectivity index (χ2n) is 16.4. The summed E-state index contributed by atoms with van der Waals surface area (Å²) < 4.78 is 18.1. The van der Waals surface area contributed by atoms with Crippen LogP contribution >= 0.6 is 0 Å². The van der Waals surface area contributed by atoms with E-state index in [9.17, 15) is 24.0 Å². The number of aryl methyl sites for hydroxylation is 1. The fraction of sp³-hybridized carbons (Fsp3) is 0.354. The molecule has 5 aliphatic rings. The number of aliphatic imine (C=N–C) groups is 2. The van der Waals surface area contributed by atoms with E-state index in [0.717, 1.165) is 59.4 Å². The van der Waals surface area contributed by atoms with E-state index in [1.54, 1.807) is 24.1 Å². The Morgan fingerprint density at radius 2 is 1.33 bits per heavy atom. The molecule has 5 heterocycles. The average molecular weight is 853 g/mol. The Morgan fingerprint density at radius 3 is 2.03 bits per heavy atom. The van der Waals surface area contributed by atoms with Crippen molar-refractivity contribution in [3.05, 3.63) is 94.5 Å². The van der Waals surface area contributed by atoms with Crippen molar-refractivity contribution in [2.45, 2.75) is 76.8 Å². The molecule has 15 nitrogen and oxygen atoms in total. The lowest BCUT2D eigenvalue weighted by Crippen LogP contribution is -2.37. The van der Waals surface area contributed by atoms with Crippen LogP contribution in [0.15, 0.2) is 76.7 Å². The van der Waals surface area contributed by atoms with Gasteiger partial charge in [-0.3, -0.25) is 39.0 Å². The molecule has 0 bridgehead atoms. The van der Waals surface area contributed by atoms with Gasteiger partial charge in [0.1, 0.15) is 5.75 Å². The van der Waals surface area contributed by atoms with E-state index in [2.05, 4.69) is 6.07 Å². The summed E-state index contributed by atoms with van der Waals surface area (Å²) in [5, 5.41) is 0.569. The number of anilines is 3. The van der Waals surface area contributed by atoms with Crippen molar-refractivity contribution < 1.29 is 43.0 Å². The molecule has 1 fully saturated rings. The largest absolute Gasteiger partial charge is 0.493 e. The Balaban J connectivity index is 0.757. The van der Waals surface area contributed by atoms with Gasteiger partial charge in [-0.05, 0) is 85.7 Å². The number of nitrogens with zero attached hydrogens (tertiary/aromatic N) is 6. The summed E-state index contributed by atoms with van der Waals surface area (Å²) in [6.07, 6.45) is 8.05. The number of hydrogen-bond acceptors (Lipinski definition) is 12.